The van der Waals surface area contributed by atoms with Crippen LogP contribution in [0.1, 0.15) is 27.2 Å². The van der Waals surface area contributed by atoms with E-state index in [9.17, 15) is 0 Å². The van der Waals surface area contributed by atoms with Gasteiger partial charge in [-0.15, -0.1) is 9.24 Å². The molecule has 6 unspecified atom stereocenters. The summed E-state index contributed by atoms with van der Waals surface area (Å²) in [6.07, 6.45) is 1.49. The minimum Gasteiger partial charge on any atom is -0.134 e. The molecule has 0 saturated heterocycles. The minimum absolute atomic E-state index is 0.782. The fourth-order valence-electron chi connectivity index (χ4n) is 3.02. The second-order valence-corrected chi connectivity index (χ2v) is 5.12. The van der Waals surface area contributed by atoms with Crippen LogP contribution in [0.25, 0.3) is 0 Å². The van der Waals surface area contributed by atoms with Crippen molar-refractivity contribution < 1.29 is 0 Å². The average molecular weight is 156 g/mol. The molecular formula is C9H17P. The molecule has 1 spiro atoms. The van der Waals surface area contributed by atoms with Gasteiger partial charge in [0.25, 0.3) is 0 Å². The van der Waals surface area contributed by atoms with Crippen LogP contribution in [0.3, 0.4) is 0 Å². The van der Waals surface area contributed by atoms with Crippen molar-refractivity contribution in [2.45, 2.75) is 32.9 Å². The molecule has 0 aromatic carbocycles. The first-order valence-corrected chi connectivity index (χ1v) is 5.03. The zero-order valence-electron chi connectivity index (χ0n) is 7.09. The second-order valence-electron chi connectivity index (χ2n) is 4.40. The first-order valence-electron chi connectivity index (χ1n) is 4.36. The van der Waals surface area contributed by atoms with Crippen molar-refractivity contribution in [2.24, 2.45) is 23.2 Å². The quantitative estimate of drug-likeness (QED) is 0.473. The Hall–Kier alpha value is 0.430. The molecule has 0 amide bonds. The molecule has 0 radical (unpaired) electrons. The van der Waals surface area contributed by atoms with Crippen LogP contribution in [-0.2, 0) is 0 Å². The Labute approximate surface area is 66.0 Å². The van der Waals surface area contributed by atoms with Crippen molar-refractivity contribution >= 4 is 9.24 Å². The van der Waals surface area contributed by atoms with Crippen LogP contribution >= 0.6 is 9.24 Å². The van der Waals surface area contributed by atoms with Crippen LogP contribution in [0.5, 0.6) is 0 Å². The summed E-state index contributed by atoms with van der Waals surface area (Å²) in [7, 11) is 3.01. The van der Waals surface area contributed by atoms with E-state index in [0.29, 0.717) is 0 Å². The topological polar surface area (TPSA) is 0 Å². The lowest BCUT2D eigenvalue weighted by Gasteiger charge is -2.43. The Morgan fingerprint density at radius 3 is 1.80 bits per heavy atom. The molecule has 2 rings (SSSR count). The maximum atomic E-state index is 3.01. The van der Waals surface area contributed by atoms with E-state index in [2.05, 4.69) is 30.0 Å². The molecule has 2 saturated carbocycles. The zero-order valence-corrected chi connectivity index (χ0v) is 8.25. The summed E-state index contributed by atoms with van der Waals surface area (Å²) < 4.78 is 0. The van der Waals surface area contributed by atoms with Gasteiger partial charge in [0, 0.05) is 0 Å². The van der Waals surface area contributed by atoms with Crippen LogP contribution in [0.4, 0.5) is 0 Å². The zero-order chi connectivity index (χ0) is 7.52. The van der Waals surface area contributed by atoms with Crippen LogP contribution in [-0.4, -0.2) is 5.66 Å². The fraction of sp³-hybridized carbons (Fsp3) is 1.00. The molecule has 0 aromatic heterocycles. The Morgan fingerprint density at radius 2 is 1.70 bits per heavy atom. The lowest BCUT2D eigenvalue weighted by atomic mass is 9.62. The molecule has 0 heterocycles. The highest BCUT2D eigenvalue weighted by Gasteiger charge is 2.68. The summed E-state index contributed by atoms with van der Waals surface area (Å²) in [6, 6.07) is 0. The van der Waals surface area contributed by atoms with Gasteiger partial charge in [0.2, 0.25) is 0 Å². The van der Waals surface area contributed by atoms with E-state index >= 15 is 0 Å². The van der Waals surface area contributed by atoms with Crippen LogP contribution in [0.2, 0.25) is 0 Å². The van der Waals surface area contributed by atoms with Crippen molar-refractivity contribution in [1.29, 1.82) is 0 Å². The van der Waals surface area contributed by atoms with Gasteiger partial charge in [0.05, 0.1) is 0 Å². The number of rotatable bonds is 0. The lowest BCUT2D eigenvalue weighted by molar-refractivity contribution is 0.0662. The average Bonchev–Trinajstić information content (AvgIpc) is 2.43. The molecule has 0 aromatic rings. The maximum absolute atomic E-state index is 3.01. The summed E-state index contributed by atoms with van der Waals surface area (Å²) >= 11 is 0. The van der Waals surface area contributed by atoms with E-state index in [1.807, 2.05) is 0 Å². The molecule has 10 heavy (non-hydrogen) atoms. The summed E-state index contributed by atoms with van der Waals surface area (Å²) in [5, 5.41) is 0. The van der Waals surface area contributed by atoms with Gasteiger partial charge in [-0.05, 0) is 35.2 Å². The highest BCUT2D eigenvalue weighted by molar-refractivity contribution is 7.18. The Bertz CT molecular complexity index is 156. The Balaban J connectivity index is 2.10. The predicted molar refractivity (Wildman–Crippen MR) is 48.0 cm³/mol. The Kier molecular flexibility index (Phi) is 1.26. The number of hydrogen-bond acceptors (Lipinski definition) is 0. The molecule has 0 aliphatic heterocycles. The van der Waals surface area contributed by atoms with E-state index in [4.69, 9.17) is 0 Å². The van der Waals surface area contributed by atoms with Gasteiger partial charge in [-0.2, -0.15) is 0 Å². The second kappa shape index (κ2) is 1.78. The van der Waals surface area contributed by atoms with Crippen LogP contribution < -0.4 is 0 Å². The Morgan fingerprint density at radius 1 is 1.20 bits per heavy atom. The molecule has 6 atom stereocenters. The summed E-state index contributed by atoms with van der Waals surface area (Å²) in [4.78, 5) is 0. The van der Waals surface area contributed by atoms with Crippen molar-refractivity contribution in [2.75, 3.05) is 0 Å². The molecule has 2 fully saturated rings. The third kappa shape index (κ3) is 0.537. The van der Waals surface area contributed by atoms with Gasteiger partial charge in [0.15, 0.2) is 0 Å². The first kappa shape index (κ1) is 7.10. The number of hydrogen-bond donors (Lipinski definition) is 0. The smallest absolute Gasteiger partial charge is 0.0169 e. The largest absolute Gasteiger partial charge is 0.134 e. The van der Waals surface area contributed by atoms with Gasteiger partial charge in [-0.25, -0.2) is 0 Å². The third-order valence-corrected chi connectivity index (χ3v) is 5.47. The van der Waals surface area contributed by atoms with E-state index in [-0.39, 0.29) is 0 Å². The van der Waals surface area contributed by atoms with Crippen LogP contribution in [0.15, 0.2) is 0 Å². The van der Waals surface area contributed by atoms with Crippen molar-refractivity contribution in [3.63, 3.8) is 0 Å². The summed E-state index contributed by atoms with van der Waals surface area (Å²) in [5.74, 6) is 2.97. The summed E-state index contributed by atoms with van der Waals surface area (Å²) in [6.45, 7) is 7.22. The minimum atomic E-state index is 0.782. The van der Waals surface area contributed by atoms with E-state index < -0.39 is 0 Å². The van der Waals surface area contributed by atoms with Crippen LogP contribution in [0, 0.1) is 23.2 Å². The fourth-order valence-corrected chi connectivity index (χ4v) is 4.01. The van der Waals surface area contributed by atoms with Gasteiger partial charge < -0.3 is 0 Å². The van der Waals surface area contributed by atoms with Crippen molar-refractivity contribution in [3.05, 3.63) is 0 Å². The highest BCUT2D eigenvalue weighted by atomic mass is 31.0. The molecule has 0 N–H and O–H groups in total. The van der Waals surface area contributed by atoms with Gasteiger partial charge in [-0.1, -0.05) is 20.8 Å². The standard InChI is InChI=1S/C9H17P/c1-5-4-9(6(5)2)7(3)8(9)10/h5-8H,4,10H2,1-3H3. The highest BCUT2D eigenvalue weighted by Crippen LogP contribution is 2.73. The molecule has 2 aliphatic carbocycles. The molecule has 58 valence electrons. The van der Waals surface area contributed by atoms with E-state index in [0.717, 1.165) is 28.8 Å². The third-order valence-electron chi connectivity index (χ3n) is 4.27. The van der Waals surface area contributed by atoms with Gasteiger partial charge in [0.1, 0.15) is 0 Å². The molecule has 2 aliphatic rings. The van der Waals surface area contributed by atoms with Crippen molar-refractivity contribution in [1.82, 2.24) is 0 Å². The molecule has 0 bridgehead atoms. The maximum Gasteiger partial charge on any atom is -0.0169 e. The molecule has 0 nitrogen and oxygen atoms in total. The van der Waals surface area contributed by atoms with Gasteiger partial charge >= 0.3 is 0 Å². The van der Waals surface area contributed by atoms with E-state index in [1.54, 1.807) is 0 Å². The molecule has 1 heteroatoms. The van der Waals surface area contributed by atoms with Gasteiger partial charge in [-0.3, -0.25) is 0 Å². The van der Waals surface area contributed by atoms with Crippen molar-refractivity contribution in [3.8, 4) is 0 Å². The monoisotopic (exact) mass is 156 g/mol. The molecular weight excluding hydrogens is 139 g/mol. The first-order chi connectivity index (χ1) is 4.60. The lowest BCUT2D eigenvalue weighted by Crippen LogP contribution is -2.37. The summed E-state index contributed by atoms with van der Waals surface area (Å²) in [5.41, 5.74) is 1.73. The van der Waals surface area contributed by atoms with E-state index in [1.165, 1.54) is 6.42 Å². The SMILES string of the molecule is CC1CC2(C1C)C(C)C2P. The predicted octanol–water partition coefficient (Wildman–Crippen LogP) is 2.54. The normalized spacial score (nSPS) is 66.0.